The van der Waals surface area contributed by atoms with Gasteiger partial charge in [0, 0.05) is 42.4 Å². The van der Waals surface area contributed by atoms with Gasteiger partial charge in [0.1, 0.15) is 24.9 Å². The van der Waals surface area contributed by atoms with Gasteiger partial charge in [-0.25, -0.2) is 0 Å². The van der Waals surface area contributed by atoms with Crippen LogP contribution in [0, 0.1) is 5.92 Å². The molecular formula is C27H46K4N3O13S3+. The first kappa shape index (κ1) is 63.6. The normalized spacial score (nSPS) is 21.4. The maximum Gasteiger partial charge on any atom is 1.00 e. The third-order valence-corrected chi connectivity index (χ3v) is 8.43. The van der Waals surface area contributed by atoms with Gasteiger partial charge in [0.2, 0.25) is 11.5 Å². The van der Waals surface area contributed by atoms with E-state index in [4.69, 9.17) is 29.8 Å². The number of nitrogens with two attached hydrogens (primary N) is 1. The Kier molecular flexibility index (Phi) is 45.0. The first-order chi connectivity index (χ1) is 21.6. The first-order valence-electron chi connectivity index (χ1n) is 14.4. The fourth-order valence-corrected chi connectivity index (χ4v) is 5.22. The van der Waals surface area contributed by atoms with E-state index >= 15 is 0 Å². The molecule has 1 heterocycles. The van der Waals surface area contributed by atoms with E-state index in [0.717, 1.165) is 6.92 Å². The minimum absolute atomic E-state index is 0. The molecule has 8 atom stereocenters. The van der Waals surface area contributed by atoms with Gasteiger partial charge in [-0.2, -0.15) is 24.4 Å². The summed E-state index contributed by atoms with van der Waals surface area (Å²) in [5, 5.41) is 31.3. The second-order valence-corrected chi connectivity index (χ2v) is 11.6. The molecule has 1 saturated heterocycles. The van der Waals surface area contributed by atoms with E-state index < -0.39 is 84.4 Å². The average molecular weight is 873 g/mol. The van der Waals surface area contributed by atoms with Crippen molar-refractivity contribution < 1.29 is 270 Å². The summed E-state index contributed by atoms with van der Waals surface area (Å²) in [5.74, 6) is -3.91. The number of primary amides is 1. The molecular weight excluding hydrogens is 827 g/mol. The number of ether oxygens (including phenoxy) is 4. The molecule has 0 aliphatic carbocycles. The van der Waals surface area contributed by atoms with Gasteiger partial charge in [-0.15, -0.1) is 0 Å². The standard InChI is InChI=1S/C15H24N2O6S2.C12H21NO7S.4K.H/c1-4-12(18)16-11(15(21)17-24)9-25-8-10(23-14(20)6-3)7-22-13(19)5-2;1-5-8(16)9(17)7(3-14)19-10(5)20-12(4-21,6(2)15)11(13)18;;;;;/h10-11H,4-9H2,1-3H3,(H-2,16,17,18,21,24);5,7-10,14,16-17,21H,3-4H2,1-2H3,(H2,13,18);;;;;/q-2;;4*+1;-1/t10?,11-;5?,7?,8-,9+,10-,12?;;;;;/m01...../s1. The van der Waals surface area contributed by atoms with Gasteiger partial charge >= 0.3 is 217 Å². The number of nitrogens with one attached hydrogen (secondary N) is 1. The van der Waals surface area contributed by atoms with Crippen molar-refractivity contribution in [1.29, 1.82) is 0 Å². The number of nitrogens with zero attached hydrogens (tertiary/aromatic N) is 1. The molecule has 0 radical (unpaired) electrons. The number of aliphatic hydroxyl groups is 3. The van der Waals surface area contributed by atoms with E-state index in [2.05, 4.69) is 35.5 Å². The van der Waals surface area contributed by atoms with Gasteiger partial charge < -0.3 is 69.1 Å². The number of thiol groups is 1. The van der Waals surface area contributed by atoms with Crippen molar-refractivity contribution in [3.8, 4) is 0 Å². The molecule has 1 fully saturated rings. The van der Waals surface area contributed by atoms with Gasteiger partial charge in [-0.3, -0.25) is 24.0 Å². The Balaban J connectivity index is -0.000000183. The second kappa shape index (κ2) is 35.4. The zero-order valence-corrected chi connectivity index (χ0v) is 45.4. The molecule has 0 aromatic carbocycles. The predicted octanol–water partition coefficient (Wildman–Crippen LogP) is -12.8. The van der Waals surface area contributed by atoms with Crippen LogP contribution in [-0.2, 0) is 60.5 Å². The molecule has 3 amide bonds. The Labute approximate surface area is 480 Å². The number of hydrogen-bond acceptors (Lipinski definition) is 16. The molecule has 16 nitrogen and oxygen atoms in total. The second-order valence-electron chi connectivity index (χ2n) is 10.0. The molecule has 268 valence electrons. The number of rotatable bonds is 18. The van der Waals surface area contributed by atoms with Crippen LogP contribution >= 0.6 is 24.4 Å². The third kappa shape index (κ3) is 23.1. The Morgan fingerprint density at radius 2 is 1.58 bits per heavy atom. The van der Waals surface area contributed by atoms with Gasteiger partial charge in [0.25, 0.3) is 5.91 Å². The van der Waals surface area contributed by atoms with Crippen LogP contribution in [0.15, 0.2) is 0 Å². The van der Waals surface area contributed by atoms with Crippen molar-refractivity contribution in [3.05, 3.63) is 4.72 Å². The molecule has 23 heteroatoms. The summed E-state index contributed by atoms with van der Waals surface area (Å²) in [7, 11) is 0. The number of aliphatic hydroxyl groups excluding tert-OH is 3. The monoisotopic (exact) mass is 872 g/mol. The van der Waals surface area contributed by atoms with Crippen LogP contribution in [0.2, 0.25) is 0 Å². The summed E-state index contributed by atoms with van der Waals surface area (Å²) in [6.07, 6.45) is -4.84. The van der Waals surface area contributed by atoms with Crippen LogP contribution in [0.5, 0.6) is 0 Å². The number of ketones is 1. The number of esters is 2. The molecule has 1 rings (SSSR count). The number of thioether (sulfide) groups is 1. The Morgan fingerprint density at radius 3 is 2.00 bits per heavy atom. The zero-order valence-electron chi connectivity index (χ0n) is 31.4. The summed E-state index contributed by atoms with van der Waals surface area (Å²) in [6.45, 7) is 7.00. The van der Waals surface area contributed by atoms with Crippen molar-refractivity contribution >= 4 is 72.6 Å². The molecule has 0 saturated carbocycles. The molecule has 50 heavy (non-hydrogen) atoms. The number of Topliss-reactive ketones (excluding diaryl/α,β-unsaturated/α-hetero) is 1. The van der Waals surface area contributed by atoms with Crippen LogP contribution in [-0.4, -0.2) is 124 Å². The summed E-state index contributed by atoms with van der Waals surface area (Å²) in [5.41, 5.74) is 3.23. The van der Waals surface area contributed by atoms with Gasteiger partial charge in [-0.05, 0) is 6.92 Å². The topological polar surface area (TPSA) is 252 Å². The third-order valence-electron chi connectivity index (χ3n) is 6.63. The quantitative estimate of drug-likeness (QED) is 0.0246. The van der Waals surface area contributed by atoms with Gasteiger partial charge in [0.05, 0.1) is 24.7 Å². The van der Waals surface area contributed by atoms with Crippen LogP contribution in [0.4, 0.5) is 0 Å². The van der Waals surface area contributed by atoms with Crippen molar-refractivity contribution in [2.75, 3.05) is 30.5 Å². The van der Waals surface area contributed by atoms with E-state index in [1.807, 2.05) is 0 Å². The molecule has 1 aliphatic heterocycles. The molecule has 6 N–H and O–H groups in total. The smallest absolute Gasteiger partial charge is 1.00 e. The van der Waals surface area contributed by atoms with Crippen molar-refractivity contribution in [3.63, 3.8) is 0 Å². The van der Waals surface area contributed by atoms with Crippen LogP contribution in [0.3, 0.4) is 0 Å². The number of hydrogen-bond donors (Lipinski definition) is 6. The fourth-order valence-electron chi connectivity index (χ4n) is 3.62. The largest absolute Gasteiger partial charge is 1.00 e. The van der Waals surface area contributed by atoms with E-state index in [1.165, 1.54) is 18.7 Å². The Bertz CT molecular complexity index is 1030. The Morgan fingerprint density at radius 1 is 1.02 bits per heavy atom. The summed E-state index contributed by atoms with van der Waals surface area (Å²) < 4.78 is 24.1. The van der Waals surface area contributed by atoms with Crippen LogP contribution in [0.1, 0.15) is 55.3 Å². The van der Waals surface area contributed by atoms with E-state index in [-0.39, 0.29) is 250 Å². The number of carbonyl (C=O) groups excluding carboxylic acids is 6. The zero-order chi connectivity index (χ0) is 35.6. The number of amides is 3. The minimum Gasteiger partial charge on any atom is -1.00 e. The molecule has 1 aliphatic rings. The average Bonchev–Trinajstić information content (AvgIpc) is 3.04. The Hall–Kier alpha value is 4.42. The fraction of sp³-hybridized carbons (Fsp3) is 0.778. The summed E-state index contributed by atoms with van der Waals surface area (Å²) in [4.78, 5) is 69.1. The van der Waals surface area contributed by atoms with Crippen LogP contribution < -0.4 is 217 Å². The summed E-state index contributed by atoms with van der Waals surface area (Å²) >= 11 is 9.58. The van der Waals surface area contributed by atoms with Crippen LogP contribution in [0.25, 0.3) is 4.72 Å². The molecule has 0 spiro atoms. The van der Waals surface area contributed by atoms with E-state index in [9.17, 15) is 39.0 Å². The molecule has 0 aromatic rings. The SMILES string of the molecule is CC(=O)C(CS)(O[C@H]1OC(CO)[C@H](O)[C@H](O)C1C)C(N)=O.CCC(=O)N[C@@H](CSCC(COC(=O)CC)OC(=O)CC)C(=O)[N-][S-].[H-].[K+].[K+].[K+].[K+]. The van der Waals surface area contributed by atoms with Crippen molar-refractivity contribution in [2.45, 2.75) is 96.2 Å². The minimum atomic E-state index is -2.00. The molecule has 0 bridgehead atoms. The first-order valence-corrected chi connectivity index (χ1v) is 16.5. The van der Waals surface area contributed by atoms with Crippen molar-refractivity contribution in [1.82, 2.24) is 5.32 Å². The molecule has 4 unspecified atom stereocenters. The van der Waals surface area contributed by atoms with Crippen molar-refractivity contribution in [2.24, 2.45) is 11.7 Å². The van der Waals surface area contributed by atoms with E-state index in [0.29, 0.717) is 5.75 Å². The molecule has 0 aromatic heterocycles. The van der Waals surface area contributed by atoms with Gasteiger partial charge in [-0.1, -0.05) is 27.7 Å². The number of carbonyl (C=O) groups is 6. The maximum atomic E-state index is 11.7. The van der Waals surface area contributed by atoms with E-state index in [1.54, 1.807) is 20.8 Å². The maximum absolute atomic E-state index is 11.7. The summed E-state index contributed by atoms with van der Waals surface area (Å²) in [6, 6.07) is -0.837. The van der Waals surface area contributed by atoms with Gasteiger partial charge in [0.15, 0.2) is 12.1 Å². The predicted molar refractivity (Wildman–Crippen MR) is 172 cm³/mol.